The van der Waals surface area contributed by atoms with Crippen LogP contribution in [-0.2, 0) is 17.8 Å². The number of aromatic nitrogens is 1. The Bertz CT molecular complexity index is 1200. The minimum Gasteiger partial charge on any atom is -0.310 e. The fourth-order valence-electron chi connectivity index (χ4n) is 5.52. The van der Waals surface area contributed by atoms with Gasteiger partial charge in [0.25, 0.3) is 0 Å². The van der Waals surface area contributed by atoms with Crippen molar-refractivity contribution in [2.45, 2.75) is 51.5 Å². The Kier molecular flexibility index (Phi) is 6.11. The summed E-state index contributed by atoms with van der Waals surface area (Å²) in [7, 11) is 0. The molecule has 0 spiro atoms. The van der Waals surface area contributed by atoms with E-state index in [1.54, 1.807) is 6.20 Å². The number of nitrogens with zero attached hydrogens (tertiary/aromatic N) is 3. The Labute approximate surface area is 195 Å². The van der Waals surface area contributed by atoms with E-state index in [1.165, 1.54) is 17.5 Å². The van der Waals surface area contributed by atoms with Crippen molar-refractivity contribution in [2.24, 2.45) is 5.41 Å². The second-order valence-electron chi connectivity index (χ2n) is 9.55. The maximum Gasteiger partial charge on any atom is 0.231 e. The van der Waals surface area contributed by atoms with Gasteiger partial charge in [-0.1, -0.05) is 49.6 Å². The molecule has 1 aliphatic heterocycles. The van der Waals surface area contributed by atoms with Gasteiger partial charge in [0.15, 0.2) is 0 Å². The Morgan fingerprint density at radius 1 is 1.09 bits per heavy atom. The van der Waals surface area contributed by atoms with Crippen LogP contribution in [0.5, 0.6) is 0 Å². The molecule has 0 saturated heterocycles. The number of fused-ring (bicyclic) bond motifs is 2. The summed E-state index contributed by atoms with van der Waals surface area (Å²) in [6.45, 7) is 2.78. The maximum absolute atomic E-state index is 13.7. The molecule has 1 saturated carbocycles. The lowest BCUT2D eigenvalue weighted by molar-refractivity contribution is -0.128. The van der Waals surface area contributed by atoms with Crippen LogP contribution >= 0.6 is 0 Å². The topological polar surface area (TPSA) is 69.0 Å². The second kappa shape index (κ2) is 9.33. The smallest absolute Gasteiger partial charge is 0.231 e. The quantitative estimate of drug-likeness (QED) is 0.576. The Morgan fingerprint density at radius 3 is 2.79 bits per heavy atom. The number of nitrogens with one attached hydrogen (secondary N) is 1. The summed E-state index contributed by atoms with van der Waals surface area (Å²) in [5.74, 6) is 0.797. The van der Waals surface area contributed by atoms with E-state index in [4.69, 9.17) is 5.26 Å². The van der Waals surface area contributed by atoms with Gasteiger partial charge in [-0.2, -0.15) is 5.26 Å². The minimum absolute atomic E-state index is 0.127. The molecule has 1 aromatic heterocycles. The van der Waals surface area contributed by atoms with Gasteiger partial charge in [-0.05, 0) is 66.9 Å². The Balaban J connectivity index is 1.30. The highest BCUT2D eigenvalue weighted by atomic mass is 16.2. The second-order valence-corrected chi connectivity index (χ2v) is 9.55. The van der Waals surface area contributed by atoms with Gasteiger partial charge in [-0.25, -0.2) is 4.98 Å². The highest BCUT2D eigenvalue weighted by Gasteiger charge is 2.40. The highest BCUT2D eigenvalue weighted by Crippen LogP contribution is 2.41. The number of benzene rings is 2. The number of nitriles is 1. The third kappa shape index (κ3) is 4.49. The zero-order chi connectivity index (χ0) is 22.7. The molecule has 2 aliphatic rings. The van der Waals surface area contributed by atoms with Gasteiger partial charge in [-0.3, -0.25) is 9.69 Å². The van der Waals surface area contributed by atoms with Crippen LogP contribution in [-0.4, -0.2) is 28.9 Å². The Morgan fingerprint density at radius 2 is 1.94 bits per heavy atom. The van der Waals surface area contributed by atoms with Gasteiger partial charge >= 0.3 is 0 Å². The van der Waals surface area contributed by atoms with Gasteiger partial charge in [0, 0.05) is 24.7 Å². The van der Waals surface area contributed by atoms with Crippen LogP contribution in [0, 0.1) is 16.7 Å². The minimum atomic E-state index is -0.332. The third-order valence-electron chi connectivity index (χ3n) is 7.53. The Hall–Kier alpha value is -3.23. The monoisotopic (exact) mass is 438 g/mol. The van der Waals surface area contributed by atoms with Crippen molar-refractivity contribution >= 4 is 22.5 Å². The lowest BCUT2D eigenvalue weighted by atomic mass is 9.71. The molecule has 0 radical (unpaired) electrons. The molecule has 1 N–H and O–H groups in total. The third-order valence-corrected chi connectivity index (χ3v) is 7.53. The predicted molar refractivity (Wildman–Crippen MR) is 131 cm³/mol. The van der Waals surface area contributed by atoms with Crippen molar-refractivity contribution in [1.29, 1.82) is 5.26 Å². The molecular weight excluding hydrogens is 408 g/mol. The van der Waals surface area contributed by atoms with Gasteiger partial charge < -0.3 is 5.32 Å². The first-order chi connectivity index (χ1) is 16.2. The van der Waals surface area contributed by atoms with E-state index in [0.717, 1.165) is 74.5 Å². The van der Waals surface area contributed by atoms with Crippen molar-refractivity contribution in [3.8, 4) is 6.07 Å². The average molecular weight is 439 g/mol. The van der Waals surface area contributed by atoms with Crippen molar-refractivity contribution in [3.63, 3.8) is 0 Å². The number of carbonyl (C=O) groups excluding carboxylic acids is 1. The van der Waals surface area contributed by atoms with Crippen molar-refractivity contribution in [1.82, 2.24) is 9.88 Å². The molecule has 168 valence electrons. The van der Waals surface area contributed by atoms with E-state index in [2.05, 4.69) is 33.4 Å². The fraction of sp³-hybridized carbons (Fsp3) is 0.393. The number of carbonyl (C=O) groups is 1. The molecule has 1 aliphatic carbocycles. The summed E-state index contributed by atoms with van der Waals surface area (Å²) in [5.41, 5.74) is 3.00. The molecule has 33 heavy (non-hydrogen) atoms. The van der Waals surface area contributed by atoms with Crippen LogP contribution in [0.25, 0.3) is 10.8 Å². The first-order valence-corrected chi connectivity index (χ1v) is 12.1. The van der Waals surface area contributed by atoms with E-state index in [0.29, 0.717) is 5.82 Å². The number of pyridine rings is 1. The number of hydrogen-bond acceptors (Lipinski definition) is 4. The molecule has 0 atom stereocenters. The van der Waals surface area contributed by atoms with E-state index in [9.17, 15) is 4.79 Å². The van der Waals surface area contributed by atoms with E-state index >= 15 is 0 Å². The van der Waals surface area contributed by atoms with Crippen LogP contribution in [0.2, 0.25) is 0 Å². The van der Waals surface area contributed by atoms with E-state index < -0.39 is 0 Å². The largest absolute Gasteiger partial charge is 0.310 e. The predicted octanol–water partition coefficient (Wildman–Crippen LogP) is 5.44. The van der Waals surface area contributed by atoms with E-state index in [1.807, 2.05) is 36.4 Å². The number of hydrogen-bond donors (Lipinski definition) is 1. The van der Waals surface area contributed by atoms with Crippen LogP contribution in [0.4, 0.5) is 5.82 Å². The first-order valence-electron chi connectivity index (χ1n) is 12.1. The van der Waals surface area contributed by atoms with Gasteiger partial charge in [0.2, 0.25) is 5.91 Å². The summed E-state index contributed by atoms with van der Waals surface area (Å²) in [6.07, 6.45) is 8.92. The lowest BCUT2D eigenvalue weighted by Gasteiger charge is -2.38. The van der Waals surface area contributed by atoms with Crippen molar-refractivity contribution in [2.75, 3.05) is 18.4 Å². The summed E-state index contributed by atoms with van der Waals surface area (Å²) in [5, 5.41) is 14.5. The van der Waals surface area contributed by atoms with Crippen molar-refractivity contribution < 1.29 is 4.79 Å². The molecule has 5 heteroatoms. The molecule has 1 amide bonds. The van der Waals surface area contributed by atoms with Crippen molar-refractivity contribution in [3.05, 3.63) is 71.4 Å². The number of anilines is 1. The highest BCUT2D eigenvalue weighted by molar-refractivity contribution is 6.02. The molecule has 2 heterocycles. The fourth-order valence-corrected chi connectivity index (χ4v) is 5.52. The molecule has 0 bridgehead atoms. The molecule has 0 unspecified atom stereocenters. The maximum atomic E-state index is 13.7. The lowest BCUT2D eigenvalue weighted by Crippen LogP contribution is -2.42. The van der Waals surface area contributed by atoms with Crippen LogP contribution in [0.3, 0.4) is 0 Å². The normalized spacial score (nSPS) is 17.8. The standard InChI is InChI=1S/C28H30N4O/c29-19-21-8-9-24-20-32(16-11-23(24)18-21)17-14-28(12-4-1-5-13-28)27(33)31-26-25-7-3-2-6-22(25)10-15-30-26/h2-3,6-10,15,18H,1,4-5,11-14,16-17,20H2,(H,30,31,33). The molecular formula is C28H30N4O. The van der Waals surface area contributed by atoms with Gasteiger partial charge in [0.05, 0.1) is 17.0 Å². The van der Waals surface area contributed by atoms with Gasteiger partial charge in [0.1, 0.15) is 5.82 Å². The summed E-state index contributed by atoms with van der Waals surface area (Å²) in [6, 6.07) is 18.3. The van der Waals surface area contributed by atoms with Crippen LogP contribution in [0.1, 0.15) is 55.2 Å². The van der Waals surface area contributed by atoms with E-state index in [-0.39, 0.29) is 11.3 Å². The SMILES string of the molecule is N#Cc1ccc2c(c1)CCN(CCC1(C(=O)Nc3nccc4ccccc34)CCCCC1)C2. The summed E-state index contributed by atoms with van der Waals surface area (Å²) < 4.78 is 0. The number of rotatable bonds is 5. The zero-order valence-corrected chi connectivity index (χ0v) is 19.0. The molecule has 5 rings (SSSR count). The molecule has 1 fully saturated rings. The van der Waals surface area contributed by atoms with Gasteiger partial charge in [-0.15, -0.1) is 0 Å². The summed E-state index contributed by atoms with van der Waals surface area (Å²) >= 11 is 0. The number of amides is 1. The molecule has 2 aromatic carbocycles. The van der Waals surface area contributed by atoms with Crippen LogP contribution < -0.4 is 5.32 Å². The molecule has 5 nitrogen and oxygen atoms in total. The summed E-state index contributed by atoms with van der Waals surface area (Å²) in [4.78, 5) is 20.6. The average Bonchev–Trinajstić information content (AvgIpc) is 2.87. The van der Waals surface area contributed by atoms with Crippen LogP contribution in [0.15, 0.2) is 54.7 Å². The first kappa shape index (κ1) is 21.6. The molecule has 3 aromatic rings. The zero-order valence-electron chi connectivity index (χ0n) is 19.0.